The molecule has 0 saturated carbocycles. The van der Waals surface area contributed by atoms with Crippen LogP contribution in [0.25, 0.3) is 50.2 Å². The Morgan fingerprint density at radius 3 is 1.59 bits per heavy atom. The first-order chi connectivity index (χ1) is 33.6. The Morgan fingerprint density at radius 1 is 0.397 bits per heavy atom. The number of allylic oxidation sites excluding steroid dienone is 1. The third-order valence-corrected chi connectivity index (χ3v) is 13.7. The molecule has 3 heteroatoms. The zero-order chi connectivity index (χ0) is 45.4. The fourth-order valence-electron chi connectivity index (χ4n) is 10.6. The fraction of sp³-hybridized carbons (Fsp3) is 0.0308. The van der Waals surface area contributed by atoms with Crippen molar-refractivity contribution in [2.45, 2.75) is 12.0 Å². The number of aliphatic imine (C=N–C) groups is 1. The summed E-state index contributed by atoms with van der Waals surface area (Å²) in [5, 5.41) is 0. The van der Waals surface area contributed by atoms with Crippen LogP contribution in [0, 0.1) is 0 Å². The molecule has 3 nitrogen and oxygen atoms in total. The average molecular weight is 870 g/mol. The van der Waals surface area contributed by atoms with Gasteiger partial charge in [-0.2, -0.15) is 0 Å². The third-order valence-electron chi connectivity index (χ3n) is 13.7. The second-order valence-corrected chi connectivity index (χ2v) is 17.7. The Balaban J connectivity index is 0.914. The molecule has 2 N–H and O–H groups in total. The molecule has 0 unspecified atom stereocenters. The summed E-state index contributed by atoms with van der Waals surface area (Å²) in [6.45, 7) is 0.500. The SMILES string of the molecule is N/C(=C\C(=N/Cc1cccc(-c2cccc(-c3ccc4c(c3)C3(c5ccccc5-4)c4ccccc4N(c4ccccc4)c4ccccc43)c2)c1)c1ccc(-c2ccccc2)cc1)c1ccccc1. The molecule has 68 heavy (non-hydrogen) atoms. The smallest absolute Gasteiger partial charge is 0.0754 e. The van der Waals surface area contributed by atoms with Crippen LogP contribution in [0.1, 0.15) is 38.9 Å². The molecule has 1 aliphatic carbocycles. The highest BCUT2D eigenvalue weighted by Gasteiger charge is 2.51. The molecule has 1 heterocycles. The van der Waals surface area contributed by atoms with Gasteiger partial charge in [0.25, 0.3) is 0 Å². The van der Waals surface area contributed by atoms with Crippen molar-refractivity contribution >= 4 is 28.5 Å². The normalized spacial score (nSPS) is 13.4. The molecule has 0 radical (unpaired) electrons. The maximum Gasteiger partial charge on any atom is 0.0754 e. The van der Waals surface area contributed by atoms with Gasteiger partial charge in [-0.15, -0.1) is 0 Å². The molecule has 1 aliphatic heterocycles. The molecule has 12 rings (SSSR count). The zero-order valence-corrected chi connectivity index (χ0v) is 37.5. The van der Waals surface area contributed by atoms with Gasteiger partial charge in [0.15, 0.2) is 0 Å². The van der Waals surface area contributed by atoms with Crippen molar-refractivity contribution in [2.24, 2.45) is 10.7 Å². The summed E-state index contributed by atoms with van der Waals surface area (Å²) in [5.41, 5.74) is 29.1. The number of benzene rings is 10. The number of hydrogen-bond donors (Lipinski definition) is 1. The van der Waals surface area contributed by atoms with Crippen LogP contribution in [-0.4, -0.2) is 5.71 Å². The van der Waals surface area contributed by atoms with E-state index < -0.39 is 5.41 Å². The van der Waals surface area contributed by atoms with E-state index in [4.69, 9.17) is 10.7 Å². The Labute approximate surface area is 398 Å². The lowest BCUT2D eigenvalue weighted by Crippen LogP contribution is -2.36. The minimum absolute atomic E-state index is 0.500. The van der Waals surface area contributed by atoms with Gasteiger partial charge in [-0.05, 0) is 132 Å². The van der Waals surface area contributed by atoms with Crippen molar-refractivity contribution < 1.29 is 0 Å². The molecule has 322 valence electrons. The molecule has 0 bridgehead atoms. The third kappa shape index (κ3) is 7.04. The van der Waals surface area contributed by atoms with E-state index in [9.17, 15) is 0 Å². The molecule has 10 aromatic carbocycles. The van der Waals surface area contributed by atoms with Gasteiger partial charge in [0.05, 0.1) is 29.0 Å². The Hall–Kier alpha value is -8.79. The Bertz CT molecular complexity index is 3490. The second kappa shape index (κ2) is 17.2. The van der Waals surface area contributed by atoms with Gasteiger partial charge in [0.1, 0.15) is 0 Å². The molecule has 0 aromatic heterocycles. The van der Waals surface area contributed by atoms with Crippen molar-refractivity contribution in [1.82, 2.24) is 0 Å². The minimum atomic E-state index is -0.517. The number of hydrogen-bond acceptors (Lipinski definition) is 3. The maximum atomic E-state index is 6.73. The molecular weight excluding hydrogens is 823 g/mol. The second-order valence-electron chi connectivity index (χ2n) is 17.7. The number of rotatable bonds is 9. The fourth-order valence-corrected chi connectivity index (χ4v) is 10.6. The molecule has 0 fully saturated rings. The van der Waals surface area contributed by atoms with Crippen molar-refractivity contribution in [2.75, 3.05) is 4.90 Å². The van der Waals surface area contributed by atoms with Crippen molar-refractivity contribution in [3.8, 4) is 44.5 Å². The van der Waals surface area contributed by atoms with Gasteiger partial charge < -0.3 is 10.6 Å². The van der Waals surface area contributed by atoms with E-state index in [1.54, 1.807) is 0 Å². The summed E-state index contributed by atoms with van der Waals surface area (Å²) < 4.78 is 0. The summed E-state index contributed by atoms with van der Waals surface area (Å²) in [7, 11) is 0. The molecule has 0 saturated heterocycles. The van der Waals surface area contributed by atoms with Gasteiger partial charge in [-0.25, -0.2) is 0 Å². The number of nitrogens with two attached hydrogens (primary N) is 1. The topological polar surface area (TPSA) is 41.6 Å². The minimum Gasteiger partial charge on any atom is -0.398 e. The van der Waals surface area contributed by atoms with Gasteiger partial charge >= 0.3 is 0 Å². The van der Waals surface area contributed by atoms with E-state index >= 15 is 0 Å². The van der Waals surface area contributed by atoms with E-state index in [0.717, 1.165) is 44.8 Å². The largest absolute Gasteiger partial charge is 0.398 e. The first-order valence-corrected chi connectivity index (χ1v) is 23.3. The summed E-state index contributed by atoms with van der Waals surface area (Å²) in [5.74, 6) is 0. The summed E-state index contributed by atoms with van der Waals surface area (Å²) in [6, 6.07) is 91.8. The van der Waals surface area contributed by atoms with E-state index in [1.807, 2.05) is 42.5 Å². The number of fused-ring (bicyclic) bond motifs is 9. The molecule has 1 spiro atoms. The lowest BCUT2D eigenvalue weighted by atomic mass is 9.64. The molecule has 0 atom stereocenters. The lowest BCUT2D eigenvalue weighted by molar-refractivity contribution is 0.753. The standard InChI is InChI=1S/C65H47N3/c66-61(48-21-6-2-7-22-48)43-62(49-36-34-47(35-37-49)46-19-4-1-5-20-46)67-44-45-18-16-23-50(40-45)51-24-17-25-52(41-51)53-38-39-56-55-28-10-11-29-57(55)65(60(56)42-53)58-30-12-14-32-63(58)68(54-26-8-3-9-27-54)64-33-15-13-31-59(64)65/h1-43H,44,66H2/b61-43-,67-62+. The first kappa shape index (κ1) is 40.7. The molecule has 2 aliphatic rings. The van der Waals surface area contributed by atoms with Gasteiger partial charge in [-0.3, -0.25) is 4.99 Å². The van der Waals surface area contributed by atoms with E-state index in [2.05, 4.69) is 223 Å². The average Bonchev–Trinajstić information content (AvgIpc) is 3.70. The van der Waals surface area contributed by atoms with Gasteiger partial charge in [0, 0.05) is 11.4 Å². The molecule has 0 amide bonds. The van der Waals surface area contributed by atoms with Crippen LogP contribution in [0.4, 0.5) is 17.1 Å². The van der Waals surface area contributed by atoms with Gasteiger partial charge in [0.2, 0.25) is 0 Å². The first-order valence-electron chi connectivity index (χ1n) is 23.3. The van der Waals surface area contributed by atoms with E-state index in [-0.39, 0.29) is 0 Å². The summed E-state index contributed by atoms with van der Waals surface area (Å²) in [4.78, 5) is 7.67. The predicted molar refractivity (Wildman–Crippen MR) is 284 cm³/mol. The predicted octanol–water partition coefficient (Wildman–Crippen LogP) is 15.8. The summed E-state index contributed by atoms with van der Waals surface area (Å²) >= 11 is 0. The van der Waals surface area contributed by atoms with E-state index in [1.165, 1.54) is 61.4 Å². The molecular formula is C65H47N3. The van der Waals surface area contributed by atoms with Crippen LogP contribution < -0.4 is 10.6 Å². The van der Waals surface area contributed by atoms with Crippen LogP contribution in [-0.2, 0) is 12.0 Å². The lowest BCUT2D eigenvalue weighted by Gasteiger charge is -2.45. The van der Waals surface area contributed by atoms with Crippen LogP contribution in [0.3, 0.4) is 0 Å². The number of para-hydroxylation sites is 3. The van der Waals surface area contributed by atoms with Crippen molar-refractivity contribution in [3.05, 3.63) is 300 Å². The van der Waals surface area contributed by atoms with Crippen LogP contribution in [0.15, 0.2) is 266 Å². The zero-order valence-electron chi connectivity index (χ0n) is 37.5. The highest BCUT2D eigenvalue weighted by Crippen LogP contribution is 2.63. The summed E-state index contributed by atoms with van der Waals surface area (Å²) in [6.07, 6.45) is 2.00. The van der Waals surface area contributed by atoms with Crippen molar-refractivity contribution in [3.63, 3.8) is 0 Å². The van der Waals surface area contributed by atoms with Crippen LogP contribution >= 0.6 is 0 Å². The highest BCUT2D eigenvalue weighted by atomic mass is 15.2. The Morgan fingerprint density at radius 2 is 0.897 bits per heavy atom. The Kier molecular flexibility index (Phi) is 10.3. The highest BCUT2D eigenvalue weighted by molar-refractivity contribution is 6.12. The number of anilines is 3. The molecule has 10 aromatic rings. The van der Waals surface area contributed by atoms with E-state index in [0.29, 0.717) is 12.2 Å². The van der Waals surface area contributed by atoms with Crippen LogP contribution in [0.5, 0.6) is 0 Å². The maximum absolute atomic E-state index is 6.73. The monoisotopic (exact) mass is 869 g/mol. The van der Waals surface area contributed by atoms with Crippen LogP contribution in [0.2, 0.25) is 0 Å². The van der Waals surface area contributed by atoms with Gasteiger partial charge in [-0.1, -0.05) is 212 Å². The number of nitrogens with zero attached hydrogens (tertiary/aromatic N) is 2. The quantitative estimate of drug-likeness (QED) is 0.147. The van der Waals surface area contributed by atoms with Crippen molar-refractivity contribution in [1.29, 1.82) is 0 Å².